The Labute approximate surface area is 179 Å². The van der Waals surface area contributed by atoms with Crippen LogP contribution in [0.25, 0.3) is 0 Å². The highest BCUT2D eigenvalue weighted by Crippen LogP contribution is 2.32. The fourth-order valence-corrected chi connectivity index (χ4v) is 4.62. The highest BCUT2D eigenvalue weighted by molar-refractivity contribution is 8.14. The van der Waals surface area contributed by atoms with E-state index < -0.39 is 12.0 Å². The second kappa shape index (κ2) is 9.62. The second-order valence-electron chi connectivity index (χ2n) is 7.00. The van der Waals surface area contributed by atoms with Gasteiger partial charge in [0.05, 0.1) is 0 Å². The molecule has 1 aromatic heterocycles. The third-order valence-electron chi connectivity index (χ3n) is 4.97. The fourth-order valence-electron chi connectivity index (χ4n) is 3.49. The van der Waals surface area contributed by atoms with Crippen molar-refractivity contribution in [1.29, 1.82) is 0 Å². The number of aromatic nitrogens is 2. The van der Waals surface area contributed by atoms with E-state index in [4.69, 9.17) is 10.5 Å². The van der Waals surface area contributed by atoms with Crippen LogP contribution >= 0.6 is 11.8 Å². The molecular weight excluding hydrogens is 404 g/mol. The molecule has 2 atom stereocenters. The van der Waals surface area contributed by atoms with Crippen LogP contribution in [0.5, 0.6) is 0 Å². The summed E-state index contributed by atoms with van der Waals surface area (Å²) in [5, 5.41) is -0.0972. The van der Waals surface area contributed by atoms with Crippen molar-refractivity contribution >= 4 is 28.9 Å². The first-order valence-electron chi connectivity index (χ1n) is 9.51. The molecule has 2 heterocycles. The Balaban J connectivity index is 1.75. The quantitative estimate of drug-likeness (QED) is 0.679. The number of rotatable bonds is 7. The predicted molar refractivity (Wildman–Crippen MR) is 114 cm³/mol. The monoisotopic (exact) mass is 428 g/mol. The number of nitrogens with zero attached hydrogens (tertiary/aromatic N) is 3. The van der Waals surface area contributed by atoms with Gasteiger partial charge < -0.3 is 19.9 Å². The molecule has 1 aromatic carbocycles. The van der Waals surface area contributed by atoms with Gasteiger partial charge in [-0.2, -0.15) is 0 Å². The van der Waals surface area contributed by atoms with Crippen molar-refractivity contribution in [2.75, 3.05) is 13.2 Å². The molecule has 1 aliphatic heterocycles. The number of carbonyl (C=O) groups is 3. The summed E-state index contributed by atoms with van der Waals surface area (Å²) in [7, 11) is 1.71. The van der Waals surface area contributed by atoms with Gasteiger partial charge in [-0.05, 0) is 6.42 Å². The minimum atomic E-state index is -0.612. The van der Waals surface area contributed by atoms with Crippen molar-refractivity contribution in [3.8, 4) is 0 Å². The molecule has 0 radical (unpaired) electrons. The third kappa shape index (κ3) is 4.91. The van der Waals surface area contributed by atoms with Crippen molar-refractivity contribution < 1.29 is 19.1 Å². The molecular formula is C21H24N4O4S. The van der Waals surface area contributed by atoms with Crippen LogP contribution in [0.2, 0.25) is 0 Å². The van der Waals surface area contributed by atoms with Gasteiger partial charge in [-0.25, -0.2) is 9.78 Å². The molecule has 2 N–H and O–H groups in total. The Morgan fingerprint density at radius 2 is 2.07 bits per heavy atom. The van der Waals surface area contributed by atoms with E-state index in [1.807, 2.05) is 18.2 Å². The molecule has 1 aliphatic rings. The topological polar surface area (TPSA) is 108 Å². The van der Waals surface area contributed by atoms with Crippen molar-refractivity contribution in [2.24, 2.45) is 12.8 Å². The van der Waals surface area contributed by atoms with Gasteiger partial charge in [0.2, 0.25) is 5.12 Å². The lowest BCUT2D eigenvalue weighted by Gasteiger charge is -2.23. The number of primary amides is 1. The Morgan fingerprint density at radius 3 is 2.70 bits per heavy atom. The average molecular weight is 429 g/mol. The number of hydrogen-bond donors (Lipinski definition) is 1. The van der Waals surface area contributed by atoms with Crippen LogP contribution in [0.1, 0.15) is 33.1 Å². The van der Waals surface area contributed by atoms with E-state index in [1.54, 1.807) is 34.8 Å². The smallest absolute Gasteiger partial charge is 0.410 e. The number of hydrogen-bond acceptors (Lipinski definition) is 6. The minimum Gasteiger partial charge on any atom is -0.445 e. The van der Waals surface area contributed by atoms with Gasteiger partial charge >= 0.3 is 6.09 Å². The molecule has 1 fully saturated rings. The largest absolute Gasteiger partial charge is 0.445 e. The van der Waals surface area contributed by atoms with Crippen LogP contribution in [-0.2, 0) is 18.2 Å². The lowest BCUT2D eigenvalue weighted by molar-refractivity contribution is 0.0984. The number of imidazole rings is 1. The van der Waals surface area contributed by atoms with E-state index in [-0.39, 0.29) is 28.8 Å². The third-order valence-corrected chi connectivity index (χ3v) is 6.09. The first-order valence-corrected chi connectivity index (χ1v) is 10.4. The molecule has 0 spiro atoms. The van der Waals surface area contributed by atoms with Gasteiger partial charge in [-0.15, -0.1) is 0 Å². The number of ether oxygens (including phenoxy) is 1. The Hall–Kier alpha value is -3.07. The second-order valence-corrected chi connectivity index (χ2v) is 8.27. The van der Waals surface area contributed by atoms with Gasteiger partial charge in [0.25, 0.3) is 5.91 Å². The van der Waals surface area contributed by atoms with Crippen LogP contribution in [-0.4, -0.2) is 56.0 Å². The van der Waals surface area contributed by atoms with Gasteiger partial charge in [-0.3, -0.25) is 9.59 Å². The standard InChI is InChI=1S/C21H24N4O4S/c1-3-9-29-21(28)25-13-17(30-20(27)14-7-5-4-6-8-14)11-15(25)10-16-12-23-19(18(22)26)24(16)2/h3-8,12,15,17H,1,9-11,13H2,2H3,(H2,22,26)/t15-,17+/m1/s1. The molecule has 30 heavy (non-hydrogen) atoms. The first-order chi connectivity index (χ1) is 14.4. The molecule has 0 bridgehead atoms. The van der Waals surface area contributed by atoms with Crippen LogP contribution in [0.15, 0.2) is 49.2 Å². The Bertz CT molecular complexity index is 944. The van der Waals surface area contributed by atoms with Crippen LogP contribution in [0, 0.1) is 0 Å². The van der Waals surface area contributed by atoms with E-state index in [1.165, 1.54) is 17.8 Å². The van der Waals surface area contributed by atoms with Gasteiger partial charge in [-0.1, -0.05) is 54.7 Å². The van der Waals surface area contributed by atoms with Gasteiger partial charge in [0.1, 0.15) is 6.61 Å². The molecule has 0 unspecified atom stereocenters. The highest BCUT2D eigenvalue weighted by atomic mass is 32.2. The van der Waals surface area contributed by atoms with Crippen LogP contribution in [0.3, 0.4) is 0 Å². The summed E-state index contributed by atoms with van der Waals surface area (Å²) in [5.41, 5.74) is 6.74. The maximum absolute atomic E-state index is 12.6. The average Bonchev–Trinajstić information content (AvgIpc) is 3.30. The van der Waals surface area contributed by atoms with Crippen LogP contribution in [0.4, 0.5) is 4.79 Å². The first kappa shape index (κ1) is 21.6. The summed E-state index contributed by atoms with van der Waals surface area (Å²) in [5.74, 6) is -0.451. The molecule has 1 saturated heterocycles. The summed E-state index contributed by atoms with van der Waals surface area (Å²) in [6, 6.07) is 8.86. The molecule has 2 aromatic rings. The lowest BCUT2D eigenvalue weighted by atomic mass is 10.1. The van der Waals surface area contributed by atoms with E-state index in [0.29, 0.717) is 24.9 Å². The fraction of sp³-hybridized carbons (Fsp3) is 0.333. The van der Waals surface area contributed by atoms with Crippen molar-refractivity contribution in [3.63, 3.8) is 0 Å². The molecule has 2 amide bonds. The molecule has 158 valence electrons. The van der Waals surface area contributed by atoms with Crippen molar-refractivity contribution in [3.05, 3.63) is 66.3 Å². The summed E-state index contributed by atoms with van der Waals surface area (Å²) in [6.45, 7) is 4.07. The van der Waals surface area contributed by atoms with Crippen molar-refractivity contribution in [2.45, 2.75) is 24.1 Å². The summed E-state index contributed by atoms with van der Waals surface area (Å²) in [4.78, 5) is 42.3. The van der Waals surface area contributed by atoms with E-state index in [2.05, 4.69) is 11.6 Å². The zero-order valence-corrected chi connectivity index (χ0v) is 17.5. The number of benzene rings is 1. The Morgan fingerprint density at radius 1 is 1.33 bits per heavy atom. The van der Waals surface area contributed by atoms with E-state index in [0.717, 1.165) is 5.69 Å². The van der Waals surface area contributed by atoms with Crippen molar-refractivity contribution in [1.82, 2.24) is 14.5 Å². The van der Waals surface area contributed by atoms with E-state index in [9.17, 15) is 14.4 Å². The van der Waals surface area contributed by atoms with Gasteiger partial charge in [0.15, 0.2) is 5.82 Å². The lowest BCUT2D eigenvalue weighted by Crippen LogP contribution is -2.38. The number of thioether (sulfide) groups is 1. The normalized spacial score (nSPS) is 18.2. The predicted octanol–water partition coefficient (Wildman–Crippen LogP) is 2.40. The minimum absolute atomic E-state index is 0.0304. The zero-order valence-electron chi connectivity index (χ0n) is 16.7. The molecule has 3 rings (SSSR count). The van der Waals surface area contributed by atoms with Crippen LogP contribution < -0.4 is 5.73 Å². The molecule has 8 nitrogen and oxygen atoms in total. The number of amides is 2. The highest BCUT2D eigenvalue weighted by Gasteiger charge is 2.38. The SMILES string of the molecule is C=CCOC(=O)N1C[C@@H](SC(=O)c2ccccc2)C[C@H]1Cc1cnc(C(N)=O)n1C. The number of nitrogens with two attached hydrogens (primary N) is 1. The molecule has 0 aliphatic carbocycles. The zero-order chi connectivity index (χ0) is 21.7. The number of likely N-dealkylation sites (tertiary alicyclic amines) is 1. The summed E-state index contributed by atoms with van der Waals surface area (Å²) in [6.07, 6.45) is 3.73. The van der Waals surface area contributed by atoms with Gasteiger partial charge in [0, 0.05) is 48.8 Å². The molecule has 9 heteroatoms. The Kier molecular flexibility index (Phi) is 6.94. The maximum atomic E-state index is 12.6. The molecule has 0 saturated carbocycles. The number of carbonyl (C=O) groups excluding carboxylic acids is 3. The summed E-state index contributed by atoms with van der Waals surface area (Å²) < 4.78 is 6.86. The van der Waals surface area contributed by atoms with E-state index >= 15 is 0 Å². The summed E-state index contributed by atoms with van der Waals surface area (Å²) >= 11 is 1.23. The maximum Gasteiger partial charge on any atom is 0.410 e.